The normalized spacial score (nSPS) is 26.9. The van der Waals surface area contributed by atoms with Gasteiger partial charge >= 0.3 is 0 Å². The lowest BCUT2D eigenvalue weighted by atomic mass is 9.76. The molecule has 0 bridgehead atoms. The number of halogens is 1. The highest BCUT2D eigenvalue weighted by Crippen LogP contribution is 2.40. The van der Waals surface area contributed by atoms with Crippen molar-refractivity contribution in [3.63, 3.8) is 0 Å². The second kappa shape index (κ2) is 9.21. The number of nitrogens with one attached hydrogen (secondary N) is 2. The molecule has 174 valence electrons. The Labute approximate surface area is 195 Å². The number of carbonyl (C=O) groups is 1. The molecular weight excluding hydrogens is 467 g/mol. The van der Waals surface area contributed by atoms with Gasteiger partial charge in [-0.25, -0.2) is 13.3 Å². The fraction of sp³-hybridized carbons (Fsp3) is 0.364. The summed E-state index contributed by atoms with van der Waals surface area (Å²) in [6.07, 6.45) is 4.67. The molecule has 3 heterocycles. The summed E-state index contributed by atoms with van der Waals surface area (Å²) in [6.45, 7) is 4.11. The number of anilines is 1. The van der Waals surface area contributed by atoms with Gasteiger partial charge in [-0.2, -0.15) is 5.26 Å². The Morgan fingerprint density at radius 2 is 2.15 bits per heavy atom. The number of aromatic nitrogens is 1. The number of rotatable bonds is 4. The Bertz CT molecular complexity index is 1210. The first kappa shape index (κ1) is 23.4. The molecule has 2 aliphatic rings. The number of hydrogen-bond acceptors (Lipinski definition) is 5. The molecule has 0 spiro atoms. The van der Waals surface area contributed by atoms with Crippen molar-refractivity contribution in [3.8, 4) is 11.8 Å². The predicted molar refractivity (Wildman–Crippen MR) is 123 cm³/mol. The number of carbonyl (C=O) groups excluding carboxylic acids is 1. The van der Waals surface area contributed by atoms with E-state index in [4.69, 9.17) is 10.00 Å². The molecule has 2 unspecified atom stereocenters. The summed E-state index contributed by atoms with van der Waals surface area (Å²) in [6, 6.07) is 5.10. The van der Waals surface area contributed by atoms with Crippen LogP contribution in [-0.4, -0.2) is 43.0 Å². The Hall–Kier alpha value is -2.81. The number of benzene rings is 1. The van der Waals surface area contributed by atoms with Crippen molar-refractivity contribution in [1.29, 1.82) is 5.26 Å². The topological polar surface area (TPSA) is 113 Å². The van der Waals surface area contributed by atoms with E-state index in [-0.39, 0.29) is 35.3 Å². The second-order valence-electron chi connectivity index (χ2n) is 8.08. The first-order valence-electron chi connectivity index (χ1n) is 10.3. The van der Waals surface area contributed by atoms with Crippen LogP contribution < -0.4 is 14.8 Å². The van der Waals surface area contributed by atoms with Crippen molar-refractivity contribution in [2.24, 2.45) is 12.5 Å². The molecule has 1 aromatic heterocycles. The fourth-order valence-electron chi connectivity index (χ4n) is 4.20. The smallest absolute Gasteiger partial charge is 0.276 e. The number of nitrogens with zero attached hydrogens (tertiary/aromatic N) is 2. The maximum absolute atomic E-state index is 13.6. The molecule has 1 amide bonds. The summed E-state index contributed by atoms with van der Waals surface area (Å²) in [5, 5.41) is 11.7. The van der Waals surface area contributed by atoms with Gasteiger partial charge in [-0.1, -0.05) is 6.08 Å². The van der Waals surface area contributed by atoms with Crippen molar-refractivity contribution >= 4 is 33.4 Å². The summed E-state index contributed by atoms with van der Waals surface area (Å²) in [5.41, 5.74) is -0.203. The van der Waals surface area contributed by atoms with Crippen LogP contribution in [0.1, 0.15) is 28.9 Å². The summed E-state index contributed by atoms with van der Waals surface area (Å²) in [7, 11) is -0.886. The van der Waals surface area contributed by atoms with Crippen LogP contribution in [0.3, 0.4) is 0 Å². The lowest BCUT2D eigenvalue weighted by Crippen LogP contribution is -2.50. The SMILES string of the molecule is C=CC1(C2COc3c(cn(C)c3C(=O)Nc3ccc(F)c(C#N)c3)S(=O)N2)CCS(=O)CC1. The maximum atomic E-state index is 13.6. The highest BCUT2D eigenvalue weighted by atomic mass is 32.2. The van der Waals surface area contributed by atoms with Crippen molar-refractivity contribution in [3.05, 3.63) is 54.1 Å². The highest BCUT2D eigenvalue weighted by molar-refractivity contribution is 7.85. The number of fused-ring (bicyclic) bond motifs is 1. The number of amides is 1. The standard InChI is InChI=1S/C22H23FN4O4S2/c1-3-22(6-8-32(29)9-7-22)18-13-31-20-17(33(30)26-18)12-27(2)19(20)21(28)25-15-4-5-16(23)14(10-15)11-24/h3-5,10,12,18,26H,1,6-9,13H2,2H3,(H,25,28). The van der Waals surface area contributed by atoms with Crippen LogP contribution >= 0.6 is 0 Å². The third kappa shape index (κ3) is 4.38. The van der Waals surface area contributed by atoms with E-state index in [9.17, 15) is 17.6 Å². The van der Waals surface area contributed by atoms with E-state index in [0.717, 1.165) is 6.07 Å². The first-order chi connectivity index (χ1) is 15.8. The average Bonchev–Trinajstić information content (AvgIpc) is 3.06. The van der Waals surface area contributed by atoms with Crippen LogP contribution in [0.5, 0.6) is 5.75 Å². The van der Waals surface area contributed by atoms with Gasteiger partial charge in [0.2, 0.25) is 0 Å². The van der Waals surface area contributed by atoms with Gasteiger partial charge in [0.1, 0.15) is 34.4 Å². The molecule has 2 N–H and O–H groups in total. The van der Waals surface area contributed by atoms with Gasteiger partial charge < -0.3 is 14.6 Å². The van der Waals surface area contributed by atoms with Crippen LogP contribution in [0.4, 0.5) is 10.1 Å². The van der Waals surface area contributed by atoms with Gasteiger partial charge in [0, 0.05) is 46.7 Å². The zero-order valence-electron chi connectivity index (χ0n) is 17.9. The Kier molecular flexibility index (Phi) is 6.52. The fourth-order valence-corrected chi connectivity index (χ4v) is 6.88. The van der Waals surface area contributed by atoms with Crippen molar-refractivity contribution < 1.29 is 22.3 Å². The monoisotopic (exact) mass is 490 g/mol. The van der Waals surface area contributed by atoms with E-state index in [1.165, 1.54) is 16.7 Å². The van der Waals surface area contributed by atoms with Crippen LogP contribution in [0, 0.1) is 22.6 Å². The highest BCUT2D eigenvalue weighted by Gasteiger charge is 2.42. The minimum absolute atomic E-state index is 0.150. The maximum Gasteiger partial charge on any atom is 0.276 e. The third-order valence-corrected chi connectivity index (χ3v) is 8.70. The minimum Gasteiger partial charge on any atom is -0.488 e. The molecule has 0 aliphatic carbocycles. The number of ether oxygens (including phenoxy) is 1. The molecule has 2 aliphatic heterocycles. The largest absolute Gasteiger partial charge is 0.488 e. The first-order valence-corrected chi connectivity index (χ1v) is 12.9. The Balaban J connectivity index is 1.60. The minimum atomic E-state index is -1.65. The van der Waals surface area contributed by atoms with E-state index in [1.807, 2.05) is 6.08 Å². The number of nitriles is 1. The molecule has 0 radical (unpaired) electrons. The molecule has 33 heavy (non-hydrogen) atoms. The second-order valence-corrected chi connectivity index (χ2v) is 11.0. The van der Waals surface area contributed by atoms with Crippen LogP contribution in [0.25, 0.3) is 0 Å². The lowest BCUT2D eigenvalue weighted by Gasteiger charge is -2.40. The zero-order valence-corrected chi connectivity index (χ0v) is 19.6. The van der Waals surface area contributed by atoms with E-state index in [2.05, 4.69) is 16.6 Å². The summed E-state index contributed by atoms with van der Waals surface area (Å²) in [5.74, 6) is 0.0598. The molecule has 11 heteroatoms. The van der Waals surface area contributed by atoms with Crippen LogP contribution in [0.2, 0.25) is 0 Å². The van der Waals surface area contributed by atoms with Gasteiger partial charge in [0.25, 0.3) is 5.91 Å². The predicted octanol–water partition coefficient (Wildman–Crippen LogP) is 2.38. The van der Waals surface area contributed by atoms with E-state index in [1.54, 1.807) is 19.3 Å². The average molecular weight is 491 g/mol. The Morgan fingerprint density at radius 3 is 2.82 bits per heavy atom. The summed E-state index contributed by atoms with van der Waals surface area (Å²) in [4.78, 5) is 13.4. The zero-order chi connectivity index (χ0) is 23.8. The molecule has 0 saturated carbocycles. The van der Waals surface area contributed by atoms with Gasteiger partial charge in [-0.3, -0.25) is 9.00 Å². The van der Waals surface area contributed by atoms with Crippen LogP contribution in [-0.2, 0) is 28.8 Å². The summed E-state index contributed by atoms with van der Waals surface area (Å²) >= 11 is 0. The van der Waals surface area contributed by atoms with Crippen molar-refractivity contribution in [2.75, 3.05) is 23.4 Å². The Morgan fingerprint density at radius 1 is 1.42 bits per heavy atom. The quantitative estimate of drug-likeness (QED) is 0.639. The van der Waals surface area contributed by atoms with Gasteiger partial charge in [-0.05, 0) is 31.0 Å². The molecule has 2 atom stereocenters. The number of hydrogen-bond donors (Lipinski definition) is 2. The summed E-state index contributed by atoms with van der Waals surface area (Å²) < 4.78 is 49.3. The number of aryl methyl sites for hydroxylation is 1. The van der Waals surface area contributed by atoms with Gasteiger partial charge in [-0.15, -0.1) is 6.58 Å². The molecular formula is C22H23FN4O4S2. The van der Waals surface area contributed by atoms with Gasteiger partial charge in [0.15, 0.2) is 11.4 Å². The third-order valence-electron chi connectivity index (χ3n) is 6.20. The van der Waals surface area contributed by atoms with E-state index >= 15 is 0 Å². The molecule has 8 nitrogen and oxygen atoms in total. The molecule has 1 saturated heterocycles. The van der Waals surface area contributed by atoms with Gasteiger partial charge in [0.05, 0.1) is 11.6 Å². The van der Waals surface area contributed by atoms with Crippen LogP contribution in [0.15, 0.2) is 41.9 Å². The van der Waals surface area contributed by atoms with E-state index in [0.29, 0.717) is 29.2 Å². The molecule has 4 rings (SSSR count). The van der Waals surface area contributed by atoms with E-state index < -0.39 is 38.9 Å². The lowest BCUT2D eigenvalue weighted by molar-refractivity contribution is 0.101. The van der Waals surface area contributed by atoms with Crippen molar-refractivity contribution in [2.45, 2.75) is 23.8 Å². The van der Waals surface area contributed by atoms with Crippen molar-refractivity contribution in [1.82, 2.24) is 9.29 Å². The molecule has 1 aromatic carbocycles. The molecule has 1 fully saturated rings. The molecule has 2 aromatic rings.